The normalized spacial score (nSPS) is 28.0. The van der Waals surface area contributed by atoms with Crippen LogP contribution in [-0.4, -0.2) is 33.2 Å². The van der Waals surface area contributed by atoms with Crippen LogP contribution in [0.4, 0.5) is 0 Å². The van der Waals surface area contributed by atoms with Crippen molar-refractivity contribution in [2.45, 2.75) is 84.0 Å². The third kappa shape index (κ3) is 4.91. The Labute approximate surface area is 179 Å². The summed E-state index contributed by atoms with van der Waals surface area (Å²) in [7, 11) is 0.0854. The number of fused-ring (bicyclic) bond motifs is 2. The van der Waals surface area contributed by atoms with Crippen LogP contribution in [0.3, 0.4) is 0 Å². The molecule has 0 bridgehead atoms. The standard InChI is InChI=1S/C25H42O3Si/c1-17(16-28-29(6,7)25(2,3)4)11-12-20-21-13-18-9-8-10-24(27-5)22(18)14-19(21)15-23(20)26/h8-10,17,19-21,23,26H,11-16H2,1-7H3/t17-,19+,20?,21+,23-/m1/s1. The van der Waals surface area contributed by atoms with Gasteiger partial charge in [0.25, 0.3) is 0 Å². The van der Waals surface area contributed by atoms with Crippen molar-refractivity contribution in [3.8, 4) is 5.75 Å². The summed E-state index contributed by atoms with van der Waals surface area (Å²) in [5.74, 6) is 3.20. The SMILES string of the molecule is COc1cccc2c1C[C@H]1C[C@@H](O)C(CC[C@@H](C)CO[Si](C)(C)C(C)(C)C)[C@H]1C2. The van der Waals surface area contributed by atoms with Gasteiger partial charge in [0.2, 0.25) is 0 Å². The van der Waals surface area contributed by atoms with Crippen molar-refractivity contribution >= 4 is 8.32 Å². The van der Waals surface area contributed by atoms with Gasteiger partial charge in [0.1, 0.15) is 5.75 Å². The molecule has 0 aromatic heterocycles. The quantitative estimate of drug-likeness (QED) is 0.565. The summed E-state index contributed by atoms with van der Waals surface area (Å²) < 4.78 is 12.0. The zero-order chi connectivity index (χ0) is 21.4. The lowest BCUT2D eigenvalue weighted by molar-refractivity contribution is 0.103. The maximum Gasteiger partial charge on any atom is 0.191 e. The molecule has 1 aromatic rings. The van der Waals surface area contributed by atoms with Crippen LogP contribution in [0.15, 0.2) is 18.2 Å². The van der Waals surface area contributed by atoms with E-state index in [0.29, 0.717) is 23.7 Å². The summed E-state index contributed by atoms with van der Waals surface area (Å²) in [5, 5.41) is 11.1. The third-order valence-corrected chi connectivity index (χ3v) is 12.6. The van der Waals surface area contributed by atoms with E-state index in [1.807, 2.05) is 0 Å². The average molecular weight is 419 g/mol. The van der Waals surface area contributed by atoms with Crippen molar-refractivity contribution in [2.75, 3.05) is 13.7 Å². The van der Waals surface area contributed by atoms with Crippen molar-refractivity contribution in [1.29, 1.82) is 0 Å². The van der Waals surface area contributed by atoms with E-state index in [9.17, 15) is 5.11 Å². The Hall–Kier alpha value is -0.843. The molecule has 0 amide bonds. The molecule has 29 heavy (non-hydrogen) atoms. The second-order valence-corrected chi connectivity index (χ2v) is 16.0. The number of rotatable bonds is 7. The summed E-state index contributed by atoms with van der Waals surface area (Å²) in [6.45, 7) is 14.7. The molecular weight excluding hydrogens is 376 g/mol. The van der Waals surface area contributed by atoms with Gasteiger partial charge in [-0.15, -0.1) is 0 Å². The van der Waals surface area contributed by atoms with Crippen molar-refractivity contribution in [3.63, 3.8) is 0 Å². The van der Waals surface area contributed by atoms with Gasteiger partial charge in [-0.25, -0.2) is 0 Å². The van der Waals surface area contributed by atoms with E-state index in [1.165, 1.54) is 11.1 Å². The van der Waals surface area contributed by atoms with Crippen molar-refractivity contribution < 1.29 is 14.3 Å². The van der Waals surface area contributed by atoms with E-state index in [0.717, 1.165) is 44.5 Å². The smallest absolute Gasteiger partial charge is 0.191 e. The fourth-order valence-corrected chi connectivity index (χ4v) is 6.26. The molecule has 0 spiro atoms. The lowest BCUT2D eigenvalue weighted by Gasteiger charge is -2.37. The summed E-state index contributed by atoms with van der Waals surface area (Å²) in [6.07, 6.45) is 5.20. The highest BCUT2D eigenvalue weighted by atomic mass is 28.4. The van der Waals surface area contributed by atoms with Crippen molar-refractivity contribution in [2.24, 2.45) is 23.7 Å². The van der Waals surface area contributed by atoms with Crippen LogP contribution < -0.4 is 4.74 Å². The molecule has 0 heterocycles. The minimum Gasteiger partial charge on any atom is -0.496 e. The van der Waals surface area contributed by atoms with Crippen LogP contribution in [0.2, 0.25) is 18.1 Å². The molecule has 2 aliphatic rings. The maximum absolute atomic E-state index is 10.8. The number of benzene rings is 1. The molecule has 4 heteroatoms. The van der Waals surface area contributed by atoms with Gasteiger partial charge in [0.15, 0.2) is 8.32 Å². The number of hydrogen-bond acceptors (Lipinski definition) is 3. The molecule has 0 radical (unpaired) electrons. The Morgan fingerprint density at radius 3 is 2.59 bits per heavy atom. The molecule has 3 nitrogen and oxygen atoms in total. The van der Waals surface area contributed by atoms with Crippen LogP contribution in [0.5, 0.6) is 5.75 Å². The molecule has 3 rings (SSSR count). The molecule has 1 saturated carbocycles. The van der Waals surface area contributed by atoms with Crippen LogP contribution in [0, 0.1) is 23.7 Å². The average Bonchev–Trinajstić information content (AvgIpc) is 2.95. The molecular formula is C25H42O3Si. The molecule has 5 atom stereocenters. The largest absolute Gasteiger partial charge is 0.496 e. The first kappa shape index (κ1) is 22.8. The minimum absolute atomic E-state index is 0.154. The first-order valence-electron chi connectivity index (χ1n) is 11.5. The minimum atomic E-state index is -1.68. The van der Waals surface area contributed by atoms with E-state index in [2.05, 4.69) is 59.0 Å². The highest BCUT2D eigenvalue weighted by Crippen LogP contribution is 2.48. The lowest BCUT2D eigenvalue weighted by Crippen LogP contribution is -2.41. The molecule has 2 aliphatic carbocycles. The summed E-state index contributed by atoms with van der Waals surface area (Å²) >= 11 is 0. The van der Waals surface area contributed by atoms with Crippen LogP contribution in [0.1, 0.15) is 58.1 Å². The number of aliphatic hydroxyl groups excluding tert-OH is 1. The van der Waals surface area contributed by atoms with E-state index >= 15 is 0 Å². The molecule has 1 aromatic carbocycles. The zero-order valence-electron chi connectivity index (χ0n) is 19.6. The van der Waals surface area contributed by atoms with Crippen molar-refractivity contribution in [3.05, 3.63) is 29.3 Å². The van der Waals surface area contributed by atoms with Gasteiger partial charge < -0.3 is 14.3 Å². The van der Waals surface area contributed by atoms with Gasteiger partial charge in [-0.1, -0.05) is 39.8 Å². The molecule has 1 unspecified atom stereocenters. The topological polar surface area (TPSA) is 38.7 Å². The monoisotopic (exact) mass is 418 g/mol. The Kier molecular flexibility index (Phi) is 6.87. The second kappa shape index (κ2) is 8.72. The van der Waals surface area contributed by atoms with Crippen LogP contribution in [0.25, 0.3) is 0 Å². The Bertz CT molecular complexity index is 694. The van der Waals surface area contributed by atoms with Gasteiger partial charge in [-0.3, -0.25) is 0 Å². The molecule has 164 valence electrons. The van der Waals surface area contributed by atoms with E-state index in [1.54, 1.807) is 7.11 Å². The fraction of sp³-hybridized carbons (Fsp3) is 0.760. The first-order chi connectivity index (χ1) is 13.5. The van der Waals surface area contributed by atoms with E-state index < -0.39 is 8.32 Å². The van der Waals surface area contributed by atoms with Gasteiger partial charge in [0, 0.05) is 6.61 Å². The molecule has 1 N–H and O–H groups in total. The predicted molar refractivity (Wildman–Crippen MR) is 123 cm³/mol. The number of aliphatic hydroxyl groups is 1. The molecule has 0 saturated heterocycles. The number of hydrogen-bond donors (Lipinski definition) is 1. The number of methoxy groups -OCH3 is 1. The summed E-state index contributed by atoms with van der Waals surface area (Å²) in [4.78, 5) is 0. The predicted octanol–water partition coefficient (Wildman–Crippen LogP) is 5.85. The highest BCUT2D eigenvalue weighted by molar-refractivity contribution is 6.74. The van der Waals surface area contributed by atoms with E-state index in [4.69, 9.17) is 9.16 Å². The van der Waals surface area contributed by atoms with Crippen molar-refractivity contribution in [1.82, 2.24) is 0 Å². The van der Waals surface area contributed by atoms with Crippen LogP contribution >= 0.6 is 0 Å². The van der Waals surface area contributed by atoms with Gasteiger partial charge in [-0.2, -0.15) is 0 Å². The highest BCUT2D eigenvalue weighted by Gasteiger charge is 2.45. The Morgan fingerprint density at radius 1 is 1.21 bits per heavy atom. The fourth-order valence-electron chi connectivity index (χ4n) is 5.12. The Morgan fingerprint density at radius 2 is 1.93 bits per heavy atom. The summed E-state index contributed by atoms with van der Waals surface area (Å²) in [6, 6.07) is 6.44. The van der Waals surface area contributed by atoms with Gasteiger partial charge in [-0.05, 0) is 91.1 Å². The van der Waals surface area contributed by atoms with Gasteiger partial charge in [0.05, 0.1) is 13.2 Å². The van der Waals surface area contributed by atoms with Crippen LogP contribution in [-0.2, 0) is 17.3 Å². The maximum atomic E-state index is 10.8. The van der Waals surface area contributed by atoms with E-state index in [-0.39, 0.29) is 11.1 Å². The molecule has 1 fully saturated rings. The third-order valence-electron chi connectivity index (χ3n) is 8.09. The molecule has 0 aliphatic heterocycles. The van der Waals surface area contributed by atoms with Gasteiger partial charge >= 0.3 is 0 Å². The Balaban J connectivity index is 1.58. The summed E-state index contributed by atoms with van der Waals surface area (Å²) in [5.41, 5.74) is 2.80. The number of ether oxygens (including phenoxy) is 1. The zero-order valence-corrected chi connectivity index (χ0v) is 20.6. The first-order valence-corrected chi connectivity index (χ1v) is 14.4. The second-order valence-electron chi connectivity index (χ2n) is 11.2. The lowest BCUT2D eigenvalue weighted by atomic mass is 9.73.